The summed E-state index contributed by atoms with van der Waals surface area (Å²) in [6.07, 6.45) is 0.488. The zero-order valence-electron chi connectivity index (χ0n) is 14.6. The van der Waals surface area contributed by atoms with Gasteiger partial charge in [-0.05, 0) is 43.2 Å². The van der Waals surface area contributed by atoms with Gasteiger partial charge in [-0.25, -0.2) is 0 Å². The lowest BCUT2D eigenvalue weighted by Gasteiger charge is -2.07. The van der Waals surface area contributed by atoms with E-state index in [0.717, 1.165) is 22.4 Å². The van der Waals surface area contributed by atoms with Gasteiger partial charge in [0, 0.05) is 23.2 Å². The van der Waals surface area contributed by atoms with Crippen molar-refractivity contribution in [2.45, 2.75) is 27.2 Å². The fourth-order valence-corrected chi connectivity index (χ4v) is 2.55. The van der Waals surface area contributed by atoms with Crippen molar-refractivity contribution in [3.8, 4) is 22.9 Å². The second-order valence-electron chi connectivity index (χ2n) is 6.51. The fraction of sp³-hybridized carbons (Fsp3) is 0.250. The molecule has 5 heteroatoms. The third-order valence-corrected chi connectivity index (χ3v) is 3.68. The summed E-state index contributed by atoms with van der Waals surface area (Å²) < 4.78 is 5.80. The number of amides is 1. The van der Waals surface area contributed by atoms with Crippen molar-refractivity contribution in [1.29, 1.82) is 0 Å². The molecule has 1 amide bonds. The van der Waals surface area contributed by atoms with Crippen LogP contribution in [0.25, 0.3) is 22.9 Å². The first kappa shape index (κ1) is 16.9. The molecule has 0 atom stereocenters. The zero-order valence-corrected chi connectivity index (χ0v) is 14.6. The van der Waals surface area contributed by atoms with Crippen LogP contribution in [0.1, 0.15) is 25.8 Å². The lowest BCUT2D eigenvalue weighted by atomic mass is 10.1. The molecule has 0 aliphatic rings. The standard InChI is InChI=1S/C20H21N3O2/c1-13(2)10-18(24)21-17-9-5-8-16(12-17)20-23-22-19(25-20)15-7-4-6-14(3)11-15/h4-9,11-13H,10H2,1-3H3,(H,21,24). The monoisotopic (exact) mass is 335 g/mol. The predicted molar refractivity (Wildman–Crippen MR) is 98.0 cm³/mol. The molecule has 0 fully saturated rings. The molecule has 0 aliphatic carbocycles. The van der Waals surface area contributed by atoms with Gasteiger partial charge in [-0.3, -0.25) is 4.79 Å². The molecule has 0 spiro atoms. The number of hydrogen-bond donors (Lipinski definition) is 1. The van der Waals surface area contributed by atoms with E-state index in [2.05, 4.69) is 15.5 Å². The van der Waals surface area contributed by atoms with E-state index in [-0.39, 0.29) is 5.91 Å². The molecule has 2 aromatic carbocycles. The second-order valence-corrected chi connectivity index (χ2v) is 6.51. The number of nitrogens with zero attached hydrogens (tertiary/aromatic N) is 2. The van der Waals surface area contributed by atoms with Crippen molar-refractivity contribution >= 4 is 11.6 Å². The first-order chi connectivity index (χ1) is 12.0. The summed E-state index contributed by atoms with van der Waals surface area (Å²) in [5.74, 6) is 1.22. The number of benzene rings is 2. The molecule has 128 valence electrons. The van der Waals surface area contributed by atoms with Gasteiger partial charge >= 0.3 is 0 Å². The Bertz CT molecular complexity index is 884. The van der Waals surface area contributed by atoms with Gasteiger partial charge in [0.05, 0.1) is 0 Å². The van der Waals surface area contributed by atoms with Gasteiger partial charge in [0.2, 0.25) is 17.7 Å². The summed E-state index contributed by atoms with van der Waals surface area (Å²) in [5.41, 5.74) is 3.51. The van der Waals surface area contributed by atoms with Crippen molar-refractivity contribution in [1.82, 2.24) is 10.2 Å². The summed E-state index contributed by atoms with van der Waals surface area (Å²) >= 11 is 0. The summed E-state index contributed by atoms with van der Waals surface area (Å²) in [6, 6.07) is 15.3. The predicted octanol–water partition coefficient (Wildman–Crippen LogP) is 4.70. The molecule has 25 heavy (non-hydrogen) atoms. The minimum absolute atomic E-state index is 0.00173. The van der Waals surface area contributed by atoms with Crippen LogP contribution in [0.5, 0.6) is 0 Å². The maximum atomic E-state index is 11.9. The molecular formula is C20H21N3O2. The number of hydrogen-bond acceptors (Lipinski definition) is 4. The van der Waals surface area contributed by atoms with Crippen molar-refractivity contribution in [2.75, 3.05) is 5.32 Å². The molecule has 0 aliphatic heterocycles. The molecule has 3 rings (SSSR count). The Balaban J connectivity index is 1.81. The van der Waals surface area contributed by atoms with E-state index in [1.807, 2.05) is 69.3 Å². The molecule has 3 aromatic rings. The number of nitrogens with one attached hydrogen (secondary N) is 1. The van der Waals surface area contributed by atoms with Crippen LogP contribution in [0.2, 0.25) is 0 Å². The average Bonchev–Trinajstić information content (AvgIpc) is 3.04. The van der Waals surface area contributed by atoms with Gasteiger partial charge in [0.15, 0.2) is 0 Å². The normalized spacial score (nSPS) is 10.9. The molecule has 0 radical (unpaired) electrons. The van der Waals surface area contributed by atoms with Gasteiger partial charge < -0.3 is 9.73 Å². The Hall–Kier alpha value is -2.95. The van der Waals surface area contributed by atoms with E-state index >= 15 is 0 Å². The fourth-order valence-electron chi connectivity index (χ4n) is 2.55. The lowest BCUT2D eigenvalue weighted by molar-refractivity contribution is -0.116. The molecule has 0 bridgehead atoms. The second kappa shape index (κ2) is 7.30. The van der Waals surface area contributed by atoms with Crippen molar-refractivity contribution in [2.24, 2.45) is 5.92 Å². The highest BCUT2D eigenvalue weighted by Gasteiger charge is 2.12. The van der Waals surface area contributed by atoms with Crippen molar-refractivity contribution < 1.29 is 9.21 Å². The maximum Gasteiger partial charge on any atom is 0.248 e. The largest absolute Gasteiger partial charge is 0.416 e. The lowest BCUT2D eigenvalue weighted by Crippen LogP contribution is -2.13. The minimum Gasteiger partial charge on any atom is -0.416 e. The van der Waals surface area contributed by atoms with Gasteiger partial charge in [0.25, 0.3) is 0 Å². The van der Waals surface area contributed by atoms with E-state index in [0.29, 0.717) is 24.1 Å². The summed E-state index contributed by atoms with van der Waals surface area (Å²) in [5, 5.41) is 11.2. The Morgan fingerprint density at radius 1 is 1.04 bits per heavy atom. The number of aryl methyl sites for hydroxylation is 1. The topological polar surface area (TPSA) is 68.0 Å². The first-order valence-electron chi connectivity index (χ1n) is 8.32. The van der Waals surface area contributed by atoms with E-state index < -0.39 is 0 Å². The molecule has 0 saturated carbocycles. The number of anilines is 1. The first-order valence-corrected chi connectivity index (χ1v) is 8.32. The number of rotatable bonds is 5. The SMILES string of the molecule is Cc1cccc(-c2nnc(-c3cccc(NC(=O)CC(C)C)c3)o2)c1. The summed E-state index contributed by atoms with van der Waals surface area (Å²) in [6.45, 7) is 6.05. The van der Waals surface area contributed by atoms with Crippen LogP contribution in [0.3, 0.4) is 0 Å². The molecule has 0 saturated heterocycles. The van der Waals surface area contributed by atoms with Crippen LogP contribution < -0.4 is 5.32 Å². The number of aromatic nitrogens is 2. The average molecular weight is 335 g/mol. The molecule has 1 N–H and O–H groups in total. The third kappa shape index (κ3) is 4.32. The number of carbonyl (C=O) groups excluding carboxylic acids is 1. The smallest absolute Gasteiger partial charge is 0.248 e. The Labute approximate surface area is 147 Å². The van der Waals surface area contributed by atoms with Crippen LogP contribution in [-0.4, -0.2) is 16.1 Å². The van der Waals surface area contributed by atoms with E-state index in [1.54, 1.807) is 0 Å². The molecule has 1 heterocycles. The molecule has 1 aromatic heterocycles. The van der Waals surface area contributed by atoms with Gasteiger partial charge in [-0.1, -0.05) is 37.6 Å². The van der Waals surface area contributed by atoms with Crippen molar-refractivity contribution in [3.63, 3.8) is 0 Å². The van der Waals surface area contributed by atoms with Gasteiger partial charge in [0.1, 0.15) is 0 Å². The Morgan fingerprint density at radius 2 is 1.68 bits per heavy atom. The van der Waals surface area contributed by atoms with Gasteiger partial charge in [-0.2, -0.15) is 0 Å². The third-order valence-electron chi connectivity index (χ3n) is 3.68. The molecule has 5 nitrogen and oxygen atoms in total. The van der Waals surface area contributed by atoms with Crippen LogP contribution in [-0.2, 0) is 4.79 Å². The molecular weight excluding hydrogens is 314 g/mol. The highest BCUT2D eigenvalue weighted by molar-refractivity contribution is 5.91. The summed E-state index contributed by atoms with van der Waals surface area (Å²) in [4.78, 5) is 11.9. The number of carbonyl (C=O) groups is 1. The van der Waals surface area contributed by atoms with Crippen LogP contribution in [0.4, 0.5) is 5.69 Å². The Morgan fingerprint density at radius 3 is 2.32 bits per heavy atom. The van der Waals surface area contributed by atoms with Gasteiger partial charge in [-0.15, -0.1) is 10.2 Å². The zero-order chi connectivity index (χ0) is 17.8. The summed E-state index contributed by atoms with van der Waals surface area (Å²) in [7, 11) is 0. The van der Waals surface area contributed by atoms with Crippen LogP contribution in [0, 0.1) is 12.8 Å². The maximum absolute atomic E-state index is 11.9. The van der Waals surface area contributed by atoms with Crippen LogP contribution in [0.15, 0.2) is 52.9 Å². The minimum atomic E-state index is -0.00173. The highest BCUT2D eigenvalue weighted by atomic mass is 16.4. The van der Waals surface area contributed by atoms with E-state index in [9.17, 15) is 4.79 Å². The highest BCUT2D eigenvalue weighted by Crippen LogP contribution is 2.26. The van der Waals surface area contributed by atoms with Crippen molar-refractivity contribution in [3.05, 3.63) is 54.1 Å². The van der Waals surface area contributed by atoms with Crippen LogP contribution >= 0.6 is 0 Å². The Kier molecular flexibility index (Phi) is 4.93. The van der Waals surface area contributed by atoms with E-state index in [1.165, 1.54) is 0 Å². The quantitative estimate of drug-likeness (QED) is 0.734. The molecule has 0 unspecified atom stereocenters. The van der Waals surface area contributed by atoms with E-state index in [4.69, 9.17) is 4.42 Å².